The Morgan fingerprint density at radius 3 is 2.14 bits per heavy atom. The minimum atomic E-state index is -0.396. The van der Waals surface area contributed by atoms with Crippen LogP contribution in [-0.4, -0.2) is 32.6 Å². The molecule has 0 saturated heterocycles. The molecule has 0 bridgehead atoms. The largest absolute Gasteiger partial charge is 0.455 e. The first-order chi connectivity index (χ1) is 13.5. The summed E-state index contributed by atoms with van der Waals surface area (Å²) in [6, 6.07) is 15.9. The number of carbonyl (C=O) groups excluding carboxylic acids is 2. The van der Waals surface area contributed by atoms with Crippen LogP contribution in [0.4, 0.5) is 5.69 Å². The van der Waals surface area contributed by atoms with Crippen LogP contribution in [0.2, 0.25) is 0 Å². The number of carbonyl (C=O) groups is 2. The van der Waals surface area contributed by atoms with Gasteiger partial charge in [0, 0.05) is 26.3 Å². The highest BCUT2D eigenvalue weighted by Crippen LogP contribution is 2.12. The van der Waals surface area contributed by atoms with Gasteiger partial charge in [-0.05, 0) is 41.7 Å². The summed E-state index contributed by atoms with van der Waals surface area (Å²) in [6.07, 6.45) is 3.56. The normalized spacial score (nSPS) is 10.4. The van der Waals surface area contributed by atoms with Gasteiger partial charge < -0.3 is 15.0 Å². The van der Waals surface area contributed by atoms with E-state index < -0.39 is 5.97 Å². The molecule has 0 aromatic heterocycles. The molecule has 0 heterocycles. The van der Waals surface area contributed by atoms with Gasteiger partial charge in [-0.2, -0.15) is 0 Å². The third-order valence-electron chi connectivity index (χ3n) is 4.50. The van der Waals surface area contributed by atoms with E-state index in [1.165, 1.54) is 5.56 Å². The summed E-state index contributed by atoms with van der Waals surface area (Å²) in [6.45, 7) is 2.31. The highest BCUT2D eigenvalue weighted by molar-refractivity contribution is 5.81. The van der Waals surface area contributed by atoms with Gasteiger partial charge in [0.25, 0.3) is 5.91 Å². The Bertz CT molecular complexity index is 752. The lowest BCUT2D eigenvalue weighted by atomic mass is 10.1. The molecule has 2 aromatic carbocycles. The molecule has 0 saturated carbocycles. The van der Waals surface area contributed by atoms with Crippen molar-refractivity contribution < 1.29 is 14.3 Å². The second-order valence-corrected chi connectivity index (χ2v) is 7.10. The molecule has 1 N–H and O–H groups in total. The number of hydrogen-bond acceptors (Lipinski definition) is 4. The van der Waals surface area contributed by atoms with E-state index in [2.05, 4.69) is 12.2 Å². The lowest BCUT2D eigenvalue weighted by Crippen LogP contribution is -2.28. The zero-order chi connectivity index (χ0) is 20.4. The Kier molecular flexibility index (Phi) is 8.53. The molecular formula is C23H30N2O3. The van der Waals surface area contributed by atoms with E-state index in [1.807, 2.05) is 67.5 Å². The number of ether oxygens (including phenoxy) is 1. The van der Waals surface area contributed by atoms with Crippen LogP contribution in [0.1, 0.15) is 36.5 Å². The quantitative estimate of drug-likeness (QED) is 0.639. The minimum absolute atomic E-state index is 0.174. The third-order valence-corrected chi connectivity index (χ3v) is 4.50. The second kappa shape index (κ2) is 11.1. The van der Waals surface area contributed by atoms with Gasteiger partial charge in [0.1, 0.15) is 0 Å². The number of anilines is 1. The number of aryl methyl sites for hydroxylation is 1. The molecule has 0 spiro atoms. The first-order valence-corrected chi connectivity index (χ1v) is 9.74. The summed E-state index contributed by atoms with van der Waals surface area (Å²) < 4.78 is 5.08. The van der Waals surface area contributed by atoms with Gasteiger partial charge in [-0.1, -0.05) is 49.7 Å². The van der Waals surface area contributed by atoms with Crippen molar-refractivity contribution >= 4 is 17.6 Å². The molecule has 0 unspecified atom stereocenters. The van der Waals surface area contributed by atoms with E-state index in [0.717, 1.165) is 36.1 Å². The third kappa shape index (κ3) is 7.43. The minimum Gasteiger partial charge on any atom is -0.455 e. The smallest absolute Gasteiger partial charge is 0.310 e. The van der Waals surface area contributed by atoms with Crippen LogP contribution >= 0.6 is 0 Å². The van der Waals surface area contributed by atoms with Crippen LogP contribution in [0.5, 0.6) is 0 Å². The Hall–Kier alpha value is -2.82. The molecule has 0 atom stereocenters. The second-order valence-electron chi connectivity index (χ2n) is 7.10. The standard InChI is InChI=1S/C23H30N2O3/c1-4-5-6-18-7-9-19(10-8-18)15-23(27)28-17-22(26)24-16-20-11-13-21(14-12-20)25(2)3/h7-14H,4-6,15-17H2,1-3H3,(H,24,26). The van der Waals surface area contributed by atoms with E-state index in [-0.39, 0.29) is 18.9 Å². The number of rotatable bonds is 10. The van der Waals surface area contributed by atoms with E-state index in [4.69, 9.17) is 4.74 Å². The van der Waals surface area contributed by atoms with Crippen molar-refractivity contribution in [2.45, 2.75) is 39.2 Å². The molecule has 0 aliphatic rings. The summed E-state index contributed by atoms with van der Waals surface area (Å²) in [5, 5.41) is 2.76. The summed E-state index contributed by atoms with van der Waals surface area (Å²) in [5.74, 6) is -0.702. The molecule has 1 amide bonds. The maximum absolute atomic E-state index is 11.9. The van der Waals surface area contributed by atoms with Gasteiger partial charge in [0.2, 0.25) is 0 Å². The predicted molar refractivity (Wildman–Crippen MR) is 112 cm³/mol. The first kappa shape index (κ1) is 21.5. The molecule has 2 rings (SSSR count). The number of nitrogens with zero attached hydrogens (tertiary/aromatic N) is 1. The van der Waals surface area contributed by atoms with Gasteiger partial charge in [0.15, 0.2) is 6.61 Å². The lowest BCUT2D eigenvalue weighted by molar-refractivity contribution is -0.147. The van der Waals surface area contributed by atoms with Crippen molar-refractivity contribution in [1.29, 1.82) is 0 Å². The topological polar surface area (TPSA) is 58.6 Å². The fourth-order valence-corrected chi connectivity index (χ4v) is 2.73. The molecular weight excluding hydrogens is 352 g/mol. The fraction of sp³-hybridized carbons (Fsp3) is 0.391. The average molecular weight is 383 g/mol. The number of unbranched alkanes of at least 4 members (excludes halogenated alkanes) is 1. The van der Waals surface area contributed by atoms with Crippen LogP contribution < -0.4 is 10.2 Å². The highest BCUT2D eigenvalue weighted by Gasteiger charge is 2.09. The SMILES string of the molecule is CCCCc1ccc(CC(=O)OCC(=O)NCc2ccc(N(C)C)cc2)cc1. The van der Waals surface area contributed by atoms with Crippen molar-refractivity contribution in [3.8, 4) is 0 Å². The van der Waals surface area contributed by atoms with Gasteiger partial charge in [0.05, 0.1) is 6.42 Å². The summed E-state index contributed by atoms with van der Waals surface area (Å²) in [4.78, 5) is 25.9. The molecule has 2 aromatic rings. The zero-order valence-electron chi connectivity index (χ0n) is 17.0. The number of hydrogen-bond donors (Lipinski definition) is 1. The summed E-state index contributed by atoms with van der Waals surface area (Å²) in [7, 11) is 3.96. The van der Waals surface area contributed by atoms with Crippen molar-refractivity contribution in [3.63, 3.8) is 0 Å². The van der Waals surface area contributed by atoms with E-state index in [9.17, 15) is 9.59 Å². The molecule has 5 nitrogen and oxygen atoms in total. The van der Waals surface area contributed by atoms with E-state index in [0.29, 0.717) is 6.54 Å². The zero-order valence-corrected chi connectivity index (χ0v) is 17.0. The maximum atomic E-state index is 11.9. The number of nitrogens with one attached hydrogen (secondary N) is 1. The molecule has 28 heavy (non-hydrogen) atoms. The van der Waals surface area contributed by atoms with Crippen LogP contribution in [0.3, 0.4) is 0 Å². The lowest BCUT2D eigenvalue weighted by Gasteiger charge is -2.13. The number of benzene rings is 2. The molecule has 5 heteroatoms. The molecule has 0 aliphatic carbocycles. The van der Waals surface area contributed by atoms with Gasteiger partial charge in [-0.15, -0.1) is 0 Å². The molecule has 0 aliphatic heterocycles. The molecule has 0 fully saturated rings. The van der Waals surface area contributed by atoms with Crippen molar-refractivity contribution in [3.05, 3.63) is 65.2 Å². The van der Waals surface area contributed by atoms with Crippen molar-refractivity contribution in [2.75, 3.05) is 25.6 Å². The first-order valence-electron chi connectivity index (χ1n) is 9.74. The molecule has 0 radical (unpaired) electrons. The Morgan fingerprint density at radius 2 is 1.54 bits per heavy atom. The Labute approximate surface area is 167 Å². The number of amides is 1. The fourth-order valence-electron chi connectivity index (χ4n) is 2.73. The van der Waals surface area contributed by atoms with Crippen molar-refractivity contribution in [2.24, 2.45) is 0 Å². The Morgan fingerprint density at radius 1 is 0.929 bits per heavy atom. The monoisotopic (exact) mass is 382 g/mol. The molecule has 150 valence electrons. The maximum Gasteiger partial charge on any atom is 0.310 e. The van der Waals surface area contributed by atoms with Crippen molar-refractivity contribution in [1.82, 2.24) is 5.32 Å². The Balaban J connectivity index is 1.69. The van der Waals surface area contributed by atoms with E-state index in [1.54, 1.807) is 0 Å². The van der Waals surface area contributed by atoms with Crippen LogP contribution in [0.15, 0.2) is 48.5 Å². The van der Waals surface area contributed by atoms with Gasteiger partial charge in [-0.3, -0.25) is 9.59 Å². The summed E-state index contributed by atoms with van der Waals surface area (Å²) >= 11 is 0. The van der Waals surface area contributed by atoms with Crippen LogP contribution in [0.25, 0.3) is 0 Å². The van der Waals surface area contributed by atoms with Crippen LogP contribution in [-0.2, 0) is 33.7 Å². The van der Waals surface area contributed by atoms with Crippen LogP contribution in [0, 0.1) is 0 Å². The summed E-state index contributed by atoms with van der Waals surface area (Å²) in [5.41, 5.74) is 4.26. The number of esters is 1. The average Bonchev–Trinajstić information content (AvgIpc) is 2.70. The van der Waals surface area contributed by atoms with Gasteiger partial charge in [-0.25, -0.2) is 0 Å². The highest BCUT2D eigenvalue weighted by atomic mass is 16.5. The van der Waals surface area contributed by atoms with E-state index >= 15 is 0 Å². The van der Waals surface area contributed by atoms with Gasteiger partial charge >= 0.3 is 5.97 Å². The predicted octanol–water partition coefficient (Wildman–Crippen LogP) is 3.50.